The molecule has 120 valence electrons. The number of rotatable bonds is 6. The molecule has 0 aliphatic rings. The maximum atomic E-state index is 12.5. The van der Waals surface area contributed by atoms with Crippen molar-refractivity contribution in [3.8, 4) is 6.07 Å². The fourth-order valence-corrected chi connectivity index (χ4v) is 2.34. The highest BCUT2D eigenvalue weighted by molar-refractivity contribution is 5.91. The van der Waals surface area contributed by atoms with E-state index >= 15 is 0 Å². The van der Waals surface area contributed by atoms with E-state index in [0.29, 0.717) is 18.7 Å². The first kappa shape index (κ1) is 17.2. The van der Waals surface area contributed by atoms with Crippen LogP contribution in [0.4, 0.5) is 0 Å². The van der Waals surface area contributed by atoms with Crippen LogP contribution in [0.5, 0.6) is 0 Å². The van der Waals surface area contributed by atoms with Crippen molar-refractivity contribution >= 4 is 12.0 Å². The van der Waals surface area contributed by atoms with E-state index in [2.05, 4.69) is 12.6 Å². The molecule has 2 rings (SSSR count). The summed E-state index contributed by atoms with van der Waals surface area (Å²) in [4.78, 5) is 14.2. The van der Waals surface area contributed by atoms with E-state index in [9.17, 15) is 4.79 Å². The van der Waals surface area contributed by atoms with Gasteiger partial charge >= 0.3 is 0 Å². The van der Waals surface area contributed by atoms with Crippen LogP contribution < -0.4 is 0 Å². The van der Waals surface area contributed by atoms with Crippen molar-refractivity contribution in [1.29, 1.82) is 5.26 Å². The summed E-state index contributed by atoms with van der Waals surface area (Å²) in [6.07, 6.45) is 5.12. The molecule has 0 N–H and O–H groups in total. The largest absolute Gasteiger partial charge is 0.331 e. The Bertz CT molecular complexity index is 782. The number of carbonyl (C=O) groups is 1. The number of benzene rings is 2. The van der Waals surface area contributed by atoms with Crippen molar-refractivity contribution in [2.45, 2.75) is 13.5 Å². The van der Waals surface area contributed by atoms with Crippen LogP contribution in [0.15, 0.2) is 67.3 Å². The van der Waals surface area contributed by atoms with E-state index in [1.807, 2.05) is 49.4 Å². The Hall–Kier alpha value is -3.12. The maximum Gasteiger partial charge on any atom is 0.247 e. The topological polar surface area (TPSA) is 44.1 Å². The molecule has 3 nitrogen and oxygen atoms in total. The van der Waals surface area contributed by atoms with Crippen LogP contribution >= 0.6 is 0 Å². The minimum absolute atomic E-state index is 0.0687. The third-order valence-corrected chi connectivity index (χ3v) is 3.58. The summed E-state index contributed by atoms with van der Waals surface area (Å²) in [6, 6.07) is 17.3. The number of carbonyl (C=O) groups excluding carboxylic acids is 1. The summed E-state index contributed by atoms with van der Waals surface area (Å²) in [7, 11) is 0. The molecule has 1 amide bonds. The van der Waals surface area contributed by atoms with Crippen LogP contribution in [0, 0.1) is 18.3 Å². The summed E-state index contributed by atoms with van der Waals surface area (Å²) in [5.74, 6) is -0.0687. The van der Waals surface area contributed by atoms with Crippen molar-refractivity contribution in [3.05, 3.63) is 89.5 Å². The Morgan fingerprint density at radius 2 is 2.00 bits per heavy atom. The van der Waals surface area contributed by atoms with E-state index in [1.54, 1.807) is 29.2 Å². The van der Waals surface area contributed by atoms with E-state index < -0.39 is 0 Å². The number of aryl methyl sites for hydroxylation is 1. The molecular formula is C21H20N2O. The standard InChI is InChI=1S/C21H20N2O/c1-3-13-23(16-20-9-7-19(15-22)8-10-20)21(24)12-11-18-6-4-5-17(2)14-18/h3-12,14H,1,13,16H2,2H3/b12-11+. The van der Waals surface area contributed by atoms with Gasteiger partial charge in [-0.05, 0) is 36.3 Å². The molecular weight excluding hydrogens is 296 g/mol. The lowest BCUT2D eigenvalue weighted by atomic mass is 10.1. The second-order valence-electron chi connectivity index (χ2n) is 5.56. The quantitative estimate of drug-likeness (QED) is 0.595. The van der Waals surface area contributed by atoms with Gasteiger partial charge in [-0.1, -0.05) is 48.0 Å². The summed E-state index contributed by atoms with van der Waals surface area (Å²) >= 11 is 0. The fourth-order valence-electron chi connectivity index (χ4n) is 2.34. The lowest BCUT2D eigenvalue weighted by molar-refractivity contribution is -0.126. The molecule has 0 aliphatic heterocycles. The van der Waals surface area contributed by atoms with Gasteiger partial charge in [-0.2, -0.15) is 5.26 Å². The number of hydrogen-bond donors (Lipinski definition) is 0. The predicted octanol–water partition coefficient (Wildman–Crippen LogP) is 4.09. The average molecular weight is 316 g/mol. The van der Waals surface area contributed by atoms with Crippen molar-refractivity contribution < 1.29 is 4.79 Å². The first-order chi connectivity index (χ1) is 11.6. The Balaban J connectivity index is 2.09. The Morgan fingerprint density at radius 1 is 1.25 bits per heavy atom. The van der Waals surface area contributed by atoms with E-state index in [4.69, 9.17) is 5.26 Å². The third-order valence-electron chi connectivity index (χ3n) is 3.58. The molecule has 0 saturated heterocycles. The molecule has 2 aromatic rings. The monoisotopic (exact) mass is 316 g/mol. The van der Waals surface area contributed by atoms with Gasteiger partial charge in [0.15, 0.2) is 0 Å². The molecule has 0 atom stereocenters. The minimum atomic E-state index is -0.0687. The summed E-state index contributed by atoms with van der Waals surface area (Å²) in [5.41, 5.74) is 3.75. The lowest BCUT2D eigenvalue weighted by Crippen LogP contribution is -2.29. The van der Waals surface area contributed by atoms with Gasteiger partial charge < -0.3 is 4.90 Å². The molecule has 0 radical (unpaired) electrons. The van der Waals surface area contributed by atoms with Crippen molar-refractivity contribution in [1.82, 2.24) is 4.90 Å². The van der Waals surface area contributed by atoms with Crippen molar-refractivity contribution in [2.24, 2.45) is 0 Å². The highest BCUT2D eigenvalue weighted by atomic mass is 16.2. The second-order valence-corrected chi connectivity index (χ2v) is 5.56. The molecule has 24 heavy (non-hydrogen) atoms. The van der Waals surface area contributed by atoms with Crippen LogP contribution in [0.3, 0.4) is 0 Å². The molecule has 0 aromatic heterocycles. The van der Waals surface area contributed by atoms with Gasteiger partial charge in [0.25, 0.3) is 0 Å². The van der Waals surface area contributed by atoms with E-state index in [1.165, 1.54) is 0 Å². The van der Waals surface area contributed by atoms with Gasteiger partial charge in [-0.3, -0.25) is 4.79 Å². The van der Waals surface area contributed by atoms with Crippen LogP contribution in [-0.2, 0) is 11.3 Å². The Morgan fingerprint density at radius 3 is 2.62 bits per heavy atom. The molecule has 0 heterocycles. The highest BCUT2D eigenvalue weighted by Gasteiger charge is 2.09. The predicted molar refractivity (Wildman–Crippen MR) is 97.0 cm³/mol. The summed E-state index contributed by atoms with van der Waals surface area (Å²) in [6.45, 7) is 6.69. The van der Waals surface area contributed by atoms with Gasteiger partial charge in [-0.15, -0.1) is 6.58 Å². The Labute approximate surface area is 143 Å². The molecule has 0 unspecified atom stereocenters. The molecule has 0 fully saturated rings. The highest BCUT2D eigenvalue weighted by Crippen LogP contribution is 2.10. The smallest absolute Gasteiger partial charge is 0.247 e. The SMILES string of the molecule is C=CCN(Cc1ccc(C#N)cc1)C(=O)/C=C/c1cccc(C)c1. The van der Waals surface area contributed by atoms with Gasteiger partial charge in [-0.25, -0.2) is 0 Å². The fraction of sp³-hybridized carbons (Fsp3) is 0.143. The van der Waals surface area contributed by atoms with Crippen molar-refractivity contribution in [2.75, 3.05) is 6.54 Å². The average Bonchev–Trinajstić information content (AvgIpc) is 2.60. The molecule has 3 heteroatoms. The minimum Gasteiger partial charge on any atom is -0.331 e. The van der Waals surface area contributed by atoms with Gasteiger partial charge in [0.05, 0.1) is 11.6 Å². The van der Waals surface area contributed by atoms with Crippen LogP contribution in [0.25, 0.3) is 6.08 Å². The zero-order valence-electron chi connectivity index (χ0n) is 13.8. The van der Waals surface area contributed by atoms with Crippen LogP contribution in [-0.4, -0.2) is 17.4 Å². The van der Waals surface area contributed by atoms with E-state index in [0.717, 1.165) is 16.7 Å². The normalized spacial score (nSPS) is 10.3. The van der Waals surface area contributed by atoms with Gasteiger partial charge in [0.2, 0.25) is 5.91 Å². The molecule has 2 aromatic carbocycles. The van der Waals surface area contributed by atoms with Crippen molar-refractivity contribution in [3.63, 3.8) is 0 Å². The zero-order chi connectivity index (χ0) is 17.4. The van der Waals surface area contributed by atoms with Crippen LogP contribution in [0.2, 0.25) is 0 Å². The number of amides is 1. The number of hydrogen-bond acceptors (Lipinski definition) is 2. The Kier molecular flexibility index (Phi) is 6.10. The molecule has 0 bridgehead atoms. The van der Waals surface area contributed by atoms with Gasteiger partial charge in [0, 0.05) is 19.2 Å². The second kappa shape index (κ2) is 8.50. The number of nitrogens with zero attached hydrogens (tertiary/aromatic N) is 2. The third kappa shape index (κ3) is 4.96. The zero-order valence-corrected chi connectivity index (χ0v) is 13.8. The first-order valence-electron chi connectivity index (χ1n) is 7.76. The maximum absolute atomic E-state index is 12.5. The summed E-state index contributed by atoms with van der Waals surface area (Å²) < 4.78 is 0. The number of nitriles is 1. The lowest BCUT2D eigenvalue weighted by Gasteiger charge is -2.19. The summed E-state index contributed by atoms with van der Waals surface area (Å²) in [5, 5.41) is 8.84. The first-order valence-corrected chi connectivity index (χ1v) is 7.76. The molecule has 0 saturated carbocycles. The van der Waals surface area contributed by atoms with Gasteiger partial charge in [0.1, 0.15) is 0 Å². The van der Waals surface area contributed by atoms with Crippen LogP contribution in [0.1, 0.15) is 22.3 Å². The van der Waals surface area contributed by atoms with E-state index in [-0.39, 0.29) is 5.91 Å². The molecule has 0 spiro atoms. The molecule has 0 aliphatic carbocycles.